The van der Waals surface area contributed by atoms with Crippen molar-refractivity contribution in [3.05, 3.63) is 54.6 Å². The Morgan fingerprint density at radius 2 is 1.86 bits per heavy atom. The minimum Gasteiger partial charge on any atom is -0.488 e. The molecule has 0 aliphatic carbocycles. The third kappa shape index (κ3) is 4.47. The van der Waals surface area contributed by atoms with E-state index in [9.17, 15) is 14.0 Å². The van der Waals surface area contributed by atoms with Gasteiger partial charge in [-0.2, -0.15) is 0 Å². The van der Waals surface area contributed by atoms with Gasteiger partial charge in [0.25, 0.3) is 0 Å². The summed E-state index contributed by atoms with van der Waals surface area (Å²) in [6, 6.07) is 9.17. The van der Waals surface area contributed by atoms with Gasteiger partial charge in [-0.15, -0.1) is 0 Å². The predicted molar refractivity (Wildman–Crippen MR) is 105 cm³/mol. The molecule has 29 heavy (non-hydrogen) atoms. The molecule has 7 nitrogen and oxygen atoms in total. The summed E-state index contributed by atoms with van der Waals surface area (Å²) < 4.78 is 19.1. The molecule has 2 aromatic rings. The number of pyridine rings is 1. The molecule has 0 radical (unpaired) electrons. The number of amides is 3. The lowest BCUT2D eigenvalue weighted by atomic mass is 10.1. The molecule has 2 saturated heterocycles. The Bertz CT molecular complexity index is 862. The van der Waals surface area contributed by atoms with Crippen LogP contribution in [0, 0.1) is 5.82 Å². The molecule has 152 valence electrons. The third-order valence-corrected chi connectivity index (χ3v) is 5.24. The number of benzene rings is 1. The van der Waals surface area contributed by atoms with Crippen LogP contribution >= 0.6 is 0 Å². The fraction of sp³-hybridized carbons (Fsp3) is 0.381. The van der Waals surface area contributed by atoms with Crippen molar-refractivity contribution < 1.29 is 18.7 Å². The third-order valence-electron chi connectivity index (χ3n) is 5.24. The Balaban J connectivity index is 1.33. The van der Waals surface area contributed by atoms with Crippen LogP contribution in [0.3, 0.4) is 0 Å². The second-order valence-corrected chi connectivity index (χ2v) is 7.24. The largest absolute Gasteiger partial charge is 0.488 e. The molecule has 3 amide bonds. The number of likely N-dealkylation sites (tertiary alicyclic amines) is 1. The van der Waals surface area contributed by atoms with Crippen molar-refractivity contribution >= 4 is 17.6 Å². The van der Waals surface area contributed by atoms with E-state index in [1.165, 1.54) is 12.1 Å². The van der Waals surface area contributed by atoms with E-state index in [-0.39, 0.29) is 30.4 Å². The molecule has 2 aliphatic rings. The zero-order chi connectivity index (χ0) is 20.2. The topological polar surface area (TPSA) is 66.0 Å². The first-order valence-electron chi connectivity index (χ1n) is 9.76. The second kappa shape index (κ2) is 8.46. The summed E-state index contributed by atoms with van der Waals surface area (Å²) in [6.07, 6.45) is 5.02. The van der Waals surface area contributed by atoms with Gasteiger partial charge in [0.05, 0.1) is 6.54 Å². The molecule has 0 bridgehead atoms. The van der Waals surface area contributed by atoms with Gasteiger partial charge in [-0.25, -0.2) is 9.18 Å². The smallest absolute Gasteiger partial charge is 0.325 e. The van der Waals surface area contributed by atoms with E-state index < -0.39 is 0 Å². The van der Waals surface area contributed by atoms with Crippen molar-refractivity contribution in [2.75, 3.05) is 37.6 Å². The number of ether oxygens (including phenoxy) is 1. The fourth-order valence-electron chi connectivity index (χ4n) is 3.72. The van der Waals surface area contributed by atoms with Crippen LogP contribution in [-0.4, -0.2) is 65.5 Å². The standard InChI is InChI=1S/C21H23FN4O3/c22-16-3-5-17(6-4-16)26-13-12-25(21(26)28)15-20(27)24-11-1-2-19(14-24)29-18-7-9-23-10-8-18/h3-10,19H,1-2,11-15H2. The lowest BCUT2D eigenvalue weighted by Crippen LogP contribution is -2.48. The predicted octanol–water partition coefficient (Wildman–Crippen LogP) is 2.53. The zero-order valence-electron chi connectivity index (χ0n) is 16.0. The molecule has 1 unspecified atom stereocenters. The molecule has 2 aliphatic heterocycles. The van der Waals surface area contributed by atoms with E-state index >= 15 is 0 Å². The highest BCUT2D eigenvalue weighted by atomic mass is 19.1. The number of aromatic nitrogens is 1. The molecule has 0 saturated carbocycles. The van der Waals surface area contributed by atoms with Gasteiger partial charge in [-0.3, -0.25) is 14.7 Å². The lowest BCUT2D eigenvalue weighted by molar-refractivity contribution is -0.134. The van der Waals surface area contributed by atoms with Crippen molar-refractivity contribution in [1.82, 2.24) is 14.8 Å². The summed E-state index contributed by atoms with van der Waals surface area (Å²) in [7, 11) is 0. The number of hydrogen-bond donors (Lipinski definition) is 0. The maximum atomic E-state index is 13.1. The first-order chi connectivity index (χ1) is 14.1. The first kappa shape index (κ1) is 19.2. The number of urea groups is 1. The van der Waals surface area contributed by atoms with Gasteiger partial charge < -0.3 is 14.5 Å². The maximum absolute atomic E-state index is 13.1. The number of carbonyl (C=O) groups is 2. The Morgan fingerprint density at radius 3 is 2.62 bits per heavy atom. The quantitative estimate of drug-likeness (QED) is 0.776. The zero-order valence-corrected chi connectivity index (χ0v) is 16.0. The van der Waals surface area contributed by atoms with E-state index in [0.717, 1.165) is 18.6 Å². The monoisotopic (exact) mass is 398 g/mol. The number of halogens is 1. The van der Waals surface area contributed by atoms with E-state index in [2.05, 4.69) is 4.98 Å². The Labute approximate surface area is 168 Å². The van der Waals surface area contributed by atoms with E-state index in [1.54, 1.807) is 51.4 Å². The van der Waals surface area contributed by atoms with Crippen LogP contribution in [0.25, 0.3) is 0 Å². The van der Waals surface area contributed by atoms with Gasteiger partial charge in [0.1, 0.15) is 24.2 Å². The molecular formula is C21H23FN4O3. The van der Waals surface area contributed by atoms with Crippen molar-refractivity contribution in [3.63, 3.8) is 0 Å². The summed E-state index contributed by atoms with van der Waals surface area (Å²) in [5.74, 6) is 0.312. The normalized spacial score (nSPS) is 19.6. The van der Waals surface area contributed by atoms with Gasteiger partial charge in [-0.1, -0.05) is 0 Å². The molecule has 1 atom stereocenters. The van der Waals surface area contributed by atoms with Gasteiger partial charge in [0.2, 0.25) is 5.91 Å². The van der Waals surface area contributed by atoms with Crippen molar-refractivity contribution in [3.8, 4) is 5.75 Å². The fourth-order valence-corrected chi connectivity index (χ4v) is 3.72. The van der Waals surface area contributed by atoms with Crippen LogP contribution in [-0.2, 0) is 4.79 Å². The van der Waals surface area contributed by atoms with Gasteiger partial charge in [0, 0.05) is 37.7 Å². The molecule has 1 aromatic heterocycles. The van der Waals surface area contributed by atoms with Crippen molar-refractivity contribution in [1.29, 1.82) is 0 Å². The van der Waals surface area contributed by atoms with Crippen LogP contribution in [0.4, 0.5) is 14.9 Å². The molecule has 0 N–H and O–H groups in total. The van der Waals surface area contributed by atoms with Crippen LogP contribution in [0.2, 0.25) is 0 Å². The number of anilines is 1. The molecular weight excluding hydrogens is 375 g/mol. The van der Waals surface area contributed by atoms with Crippen molar-refractivity contribution in [2.45, 2.75) is 18.9 Å². The number of piperidine rings is 1. The van der Waals surface area contributed by atoms with E-state index in [1.807, 2.05) is 0 Å². The summed E-state index contributed by atoms with van der Waals surface area (Å²) in [5, 5.41) is 0. The highest BCUT2D eigenvalue weighted by Gasteiger charge is 2.33. The van der Waals surface area contributed by atoms with E-state index in [4.69, 9.17) is 4.74 Å². The molecule has 0 spiro atoms. The molecule has 2 fully saturated rings. The summed E-state index contributed by atoms with van der Waals surface area (Å²) in [6.45, 7) is 2.15. The Morgan fingerprint density at radius 1 is 1.10 bits per heavy atom. The number of hydrogen-bond acceptors (Lipinski definition) is 4. The van der Waals surface area contributed by atoms with Gasteiger partial charge >= 0.3 is 6.03 Å². The van der Waals surface area contributed by atoms with Crippen molar-refractivity contribution in [2.24, 2.45) is 0 Å². The SMILES string of the molecule is O=C(CN1CCN(c2ccc(F)cc2)C1=O)N1CCCC(Oc2ccncc2)C1. The average Bonchev–Trinajstić information content (AvgIpc) is 3.10. The number of nitrogens with zero attached hydrogens (tertiary/aromatic N) is 4. The second-order valence-electron chi connectivity index (χ2n) is 7.24. The summed E-state index contributed by atoms with van der Waals surface area (Å²) in [4.78, 5) is 34.3. The van der Waals surface area contributed by atoms with Crippen LogP contribution in [0.1, 0.15) is 12.8 Å². The highest BCUT2D eigenvalue weighted by molar-refractivity contribution is 5.96. The highest BCUT2D eigenvalue weighted by Crippen LogP contribution is 2.22. The van der Waals surface area contributed by atoms with Crippen LogP contribution < -0.4 is 9.64 Å². The van der Waals surface area contributed by atoms with Gasteiger partial charge in [-0.05, 0) is 49.2 Å². The number of rotatable bonds is 5. The van der Waals surface area contributed by atoms with E-state index in [0.29, 0.717) is 31.9 Å². The van der Waals surface area contributed by atoms with Crippen LogP contribution in [0.15, 0.2) is 48.8 Å². The Kier molecular flexibility index (Phi) is 5.59. The molecule has 1 aromatic carbocycles. The minimum atomic E-state index is -0.346. The Hall–Kier alpha value is -3.16. The maximum Gasteiger partial charge on any atom is 0.325 e. The average molecular weight is 398 g/mol. The minimum absolute atomic E-state index is 0.0402. The molecule has 4 rings (SSSR count). The summed E-state index contributed by atoms with van der Waals surface area (Å²) >= 11 is 0. The number of carbonyl (C=O) groups excluding carboxylic acids is 2. The molecule has 8 heteroatoms. The molecule has 3 heterocycles. The first-order valence-corrected chi connectivity index (χ1v) is 9.76. The summed E-state index contributed by atoms with van der Waals surface area (Å²) in [5.41, 5.74) is 0.634. The lowest BCUT2D eigenvalue weighted by Gasteiger charge is -2.33. The van der Waals surface area contributed by atoms with Gasteiger partial charge in [0.15, 0.2) is 0 Å². The van der Waals surface area contributed by atoms with Crippen LogP contribution in [0.5, 0.6) is 5.75 Å².